The van der Waals surface area contributed by atoms with E-state index >= 15 is 0 Å². The second kappa shape index (κ2) is 7.28. The molecule has 0 spiro atoms. The Labute approximate surface area is 170 Å². The maximum atomic E-state index is 4.40. The third kappa shape index (κ3) is 3.32. The minimum absolute atomic E-state index is 0.410. The molecule has 6 heteroatoms. The van der Waals surface area contributed by atoms with Crippen molar-refractivity contribution in [2.24, 2.45) is 0 Å². The van der Waals surface area contributed by atoms with Gasteiger partial charge in [0.25, 0.3) is 0 Å². The summed E-state index contributed by atoms with van der Waals surface area (Å²) in [7, 11) is 2.20. The molecule has 1 fully saturated rings. The minimum Gasteiger partial charge on any atom is -0.354 e. The fourth-order valence-electron chi connectivity index (χ4n) is 4.50. The van der Waals surface area contributed by atoms with Crippen molar-refractivity contribution in [3.8, 4) is 11.3 Å². The van der Waals surface area contributed by atoms with Gasteiger partial charge in [-0.25, -0.2) is 4.98 Å². The van der Waals surface area contributed by atoms with E-state index in [2.05, 4.69) is 75.1 Å². The Morgan fingerprint density at radius 1 is 1.07 bits per heavy atom. The first-order valence-corrected chi connectivity index (χ1v) is 10.4. The zero-order valence-electron chi connectivity index (χ0n) is 17.4. The van der Waals surface area contributed by atoms with Gasteiger partial charge in [-0.2, -0.15) is 5.10 Å². The van der Waals surface area contributed by atoms with Crippen LogP contribution in [0.1, 0.15) is 30.9 Å². The molecule has 0 radical (unpaired) electrons. The normalized spacial score (nSPS) is 16.4. The molecule has 6 nitrogen and oxygen atoms in total. The van der Waals surface area contributed by atoms with Crippen molar-refractivity contribution in [2.75, 3.05) is 33.2 Å². The summed E-state index contributed by atoms with van der Waals surface area (Å²) in [6, 6.07) is 8.98. The topological polar surface area (TPSA) is 63.8 Å². The molecule has 0 amide bonds. The minimum atomic E-state index is 0.410. The summed E-state index contributed by atoms with van der Waals surface area (Å²) in [5.41, 5.74) is 7.11. The van der Waals surface area contributed by atoms with Crippen LogP contribution in [0.5, 0.6) is 0 Å². The number of nitrogens with zero attached hydrogens (tertiary/aromatic N) is 4. The fraction of sp³-hybridized carbons (Fsp3) is 0.391. The highest BCUT2D eigenvalue weighted by atomic mass is 15.2. The first kappa shape index (κ1) is 18.3. The molecular weight excluding hydrogens is 360 g/mol. The quantitative estimate of drug-likeness (QED) is 0.555. The number of hydrogen-bond acceptors (Lipinski definition) is 4. The molecule has 4 aromatic rings. The van der Waals surface area contributed by atoms with Gasteiger partial charge in [-0.05, 0) is 42.3 Å². The van der Waals surface area contributed by atoms with Crippen LogP contribution < -0.4 is 0 Å². The number of hydrogen-bond donors (Lipinski definition) is 2. The van der Waals surface area contributed by atoms with Crippen molar-refractivity contribution in [1.82, 2.24) is 30.0 Å². The maximum absolute atomic E-state index is 4.40. The molecule has 1 aliphatic rings. The molecule has 1 aromatic carbocycles. The molecule has 0 atom stereocenters. The molecule has 0 bridgehead atoms. The van der Waals surface area contributed by atoms with Gasteiger partial charge in [0, 0.05) is 60.8 Å². The summed E-state index contributed by atoms with van der Waals surface area (Å²) >= 11 is 0. The van der Waals surface area contributed by atoms with Crippen LogP contribution in [0.2, 0.25) is 0 Å². The van der Waals surface area contributed by atoms with Crippen molar-refractivity contribution in [3.05, 3.63) is 47.8 Å². The average Bonchev–Trinajstić information content (AvgIpc) is 3.33. The van der Waals surface area contributed by atoms with Gasteiger partial charge in [0.1, 0.15) is 0 Å². The molecule has 4 heterocycles. The summed E-state index contributed by atoms with van der Waals surface area (Å²) < 4.78 is 0. The lowest BCUT2D eigenvalue weighted by atomic mass is 9.95. The van der Waals surface area contributed by atoms with Gasteiger partial charge in [0.05, 0.1) is 11.9 Å². The number of likely N-dealkylation sites (N-methyl/N-ethyl adjacent to an activating group) is 1. The SMILES string of the molecule is CC(C)c1c(-c2ccnc3[nH]ncc23)[nH]c2ccc(CN3CCN(C)CC3)cc12. The molecule has 0 aliphatic carbocycles. The number of fused-ring (bicyclic) bond motifs is 2. The summed E-state index contributed by atoms with van der Waals surface area (Å²) in [5, 5.41) is 9.56. The van der Waals surface area contributed by atoms with Crippen LogP contribution in [0, 0.1) is 0 Å². The molecule has 0 unspecified atom stereocenters. The highest BCUT2D eigenvalue weighted by Crippen LogP contribution is 2.38. The number of aromatic amines is 2. The van der Waals surface area contributed by atoms with Crippen molar-refractivity contribution in [1.29, 1.82) is 0 Å². The molecule has 5 rings (SSSR count). The zero-order chi connectivity index (χ0) is 20.0. The molecule has 2 N–H and O–H groups in total. The molecule has 1 saturated heterocycles. The van der Waals surface area contributed by atoms with E-state index in [-0.39, 0.29) is 0 Å². The van der Waals surface area contributed by atoms with Gasteiger partial charge in [0.2, 0.25) is 0 Å². The van der Waals surface area contributed by atoms with Gasteiger partial charge in [-0.1, -0.05) is 19.9 Å². The van der Waals surface area contributed by atoms with Gasteiger partial charge in [-0.15, -0.1) is 0 Å². The number of rotatable bonds is 4. The first-order valence-electron chi connectivity index (χ1n) is 10.4. The van der Waals surface area contributed by atoms with Crippen molar-refractivity contribution >= 4 is 21.9 Å². The van der Waals surface area contributed by atoms with E-state index in [1.165, 1.54) is 27.7 Å². The summed E-state index contributed by atoms with van der Waals surface area (Å²) in [6.07, 6.45) is 3.72. The van der Waals surface area contributed by atoms with Gasteiger partial charge in [0.15, 0.2) is 5.65 Å². The van der Waals surface area contributed by atoms with Crippen LogP contribution in [0.4, 0.5) is 0 Å². The summed E-state index contributed by atoms with van der Waals surface area (Å²) in [4.78, 5) is 13.1. The maximum Gasteiger partial charge on any atom is 0.155 e. The predicted molar refractivity (Wildman–Crippen MR) is 118 cm³/mol. The molecule has 0 saturated carbocycles. The van der Waals surface area contributed by atoms with Crippen LogP contribution in [0.15, 0.2) is 36.7 Å². The van der Waals surface area contributed by atoms with Crippen LogP contribution in [0.3, 0.4) is 0 Å². The Hall–Kier alpha value is -2.70. The smallest absolute Gasteiger partial charge is 0.155 e. The standard InChI is InChI=1S/C23H28N6/c1-15(2)21-18-12-16(14-29-10-8-28(3)9-11-29)4-5-20(18)26-22(21)17-6-7-24-23-19(17)13-25-27-23/h4-7,12-13,15,26H,8-11,14H2,1-3H3,(H,24,25,27). The van der Waals surface area contributed by atoms with Gasteiger partial charge >= 0.3 is 0 Å². The van der Waals surface area contributed by atoms with E-state index in [4.69, 9.17) is 0 Å². The monoisotopic (exact) mass is 388 g/mol. The Kier molecular flexibility index (Phi) is 4.60. The highest BCUT2D eigenvalue weighted by Gasteiger charge is 2.20. The molecule has 3 aromatic heterocycles. The average molecular weight is 389 g/mol. The van der Waals surface area contributed by atoms with Crippen molar-refractivity contribution in [3.63, 3.8) is 0 Å². The lowest BCUT2D eigenvalue weighted by Crippen LogP contribution is -2.43. The Balaban J connectivity index is 1.57. The lowest BCUT2D eigenvalue weighted by Gasteiger charge is -2.32. The Bertz CT molecular complexity index is 1150. The van der Waals surface area contributed by atoms with E-state index in [1.54, 1.807) is 0 Å². The molecular formula is C23H28N6. The van der Waals surface area contributed by atoms with Gasteiger partial charge in [-0.3, -0.25) is 10.00 Å². The number of piperazine rings is 1. The van der Waals surface area contributed by atoms with Crippen LogP contribution >= 0.6 is 0 Å². The van der Waals surface area contributed by atoms with Crippen LogP contribution in [-0.2, 0) is 6.54 Å². The summed E-state index contributed by atoms with van der Waals surface area (Å²) in [6.45, 7) is 10.1. The van der Waals surface area contributed by atoms with Crippen molar-refractivity contribution < 1.29 is 0 Å². The molecule has 29 heavy (non-hydrogen) atoms. The van der Waals surface area contributed by atoms with E-state index in [1.807, 2.05) is 12.4 Å². The van der Waals surface area contributed by atoms with E-state index in [9.17, 15) is 0 Å². The second-order valence-corrected chi connectivity index (χ2v) is 8.52. The van der Waals surface area contributed by atoms with E-state index in [0.29, 0.717) is 5.92 Å². The molecule has 1 aliphatic heterocycles. The lowest BCUT2D eigenvalue weighted by molar-refractivity contribution is 0.148. The third-order valence-electron chi connectivity index (χ3n) is 6.11. The number of aromatic nitrogens is 4. The fourth-order valence-corrected chi connectivity index (χ4v) is 4.50. The largest absolute Gasteiger partial charge is 0.354 e. The van der Waals surface area contributed by atoms with Crippen molar-refractivity contribution in [2.45, 2.75) is 26.3 Å². The van der Waals surface area contributed by atoms with Crippen LogP contribution in [-0.4, -0.2) is 63.2 Å². The van der Waals surface area contributed by atoms with E-state index < -0.39 is 0 Å². The summed E-state index contributed by atoms with van der Waals surface area (Å²) in [5.74, 6) is 0.410. The zero-order valence-corrected chi connectivity index (χ0v) is 17.4. The number of nitrogens with one attached hydrogen (secondary N) is 2. The number of pyridine rings is 1. The Morgan fingerprint density at radius 3 is 2.69 bits per heavy atom. The predicted octanol–water partition coefficient (Wildman–Crippen LogP) is 3.98. The number of H-pyrrole nitrogens is 2. The number of benzene rings is 1. The highest BCUT2D eigenvalue weighted by molar-refractivity contribution is 5.98. The van der Waals surface area contributed by atoms with Crippen LogP contribution in [0.25, 0.3) is 33.2 Å². The second-order valence-electron chi connectivity index (χ2n) is 8.52. The first-order chi connectivity index (χ1) is 14.1. The molecule has 150 valence electrons. The third-order valence-corrected chi connectivity index (χ3v) is 6.11. The van der Waals surface area contributed by atoms with E-state index in [0.717, 1.165) is 49.3 Å². The van der Waals surface area contributed by atoms with Gasteiger partial charge < -0.3 is 9.88 Å². The Morgan fingerprint density at radius 2 is 1.90 bits per heavy atom.